The molecular weight excluding hydrogens is 347 g/mol. The van der Waals surface area contributed by atoms with Crippen LogP contribution < -0.4 is 10.6 Å². The summed E-state index contributed by atoms with van der Waals surface area (Å²) in [6.07, 6.45) is -1.61. The number of rotatable bonds is 5. The molecule has 0 saturated carbocycles. The van der Waals surface area contributed by atoms with Crippen molar-refractivity contribution in [2.45, 2.75) is 12.2 Å². The Morgan fingerprint density at radius 2 is 1.92 bits per heavy atom. The van der Waals surface area contributed by atoms with Gasteiger partial charge in [-0.25, -0.2) is 4.98 Å². The van der Waals surface area contributed by atoms with Crippen LogP contribution in [0.4, 0.5) is 13.2 Å². The Labute approximate surface area is 149 Å². The largest absolute Gasteiger partial charge is 0.405 e. The van der Waals surface area contributed by atoms with E-state index in [4.69, 9.17) is 0 Å². The zero-order chi connectivity index (χ0) is 18.6. The second kappa shape index (κ2) is 7.88. The first kappa shape index (κ1) is 18.4. The smallest absolute Gasteiger partial charge is 0.349 e. The van der Waals surface area contributed by atoms with Gasteiger partial charge < -0.3 is 10.6 Å². The lowest BCUT2D eigenvalue weighted by Gasteiger charge is -2.35. The molecule has 2 N–H and O–H groups in total. The van der Waals surface area contributed by atoms with Gasteiger partial charge in [0.1, 0.15) is 11.7 Å². The summed E-state index contributed by atoms with van der Waals surface area (Å²) in [7, 11) is 0. The second-order valence-corrected chi connectivity index (χ2v) is 6.04. The quantitative estimate of drug-likeness (QED) is 0.840. The fourth-order valence-corrected chi connectivity index (χ4v) is 2.98. The molecule has 2 heterocycles. The molecule has 1 atom stereocenters. The number of carbonyl (C=O) groups excluding carboxylic acids is 1. The van der Waals surface area contributed by atoms with Crippen LogP contribution in [0.15, 0.2) is 42.9 Å². The van der Waals surface area contributed by atoms with E-state index in [1.165, 1.54) is 17.4 Å². The van der Waals surface area contributed by atoms with Gasteiger partial charge >= 0.3 is 6.18 Å². The van der Waals surface area contributed by atoms with Gasteiger partial charge in [0, 0.05) is 38.4 Å². The molecule has 6 nitrogen and oxygen atoms in total. The van der Waals surface area contributed by atoms with Gasteiger partial charge in [-0.2, -0.15) is 13.2 Å². The van der Waals surface area contributed by atoms with Crippen molar-refractivity contribution in [3.63, 3.8) is 0 Å². The van der Waals surface area contributed by atoms with E-state index in [1.54, 1.807) is 28.8 Å². The number of hydrogen-bond acceptors (Lipinski definition) is 4. The average Bonchev–Trinajstić information content (AvgIpc) is 3.12. The van der Waals surface area contributed by atoms with Crippen LogP contribution in [0, 0.1) is 0 Å². The third-order valence-electron chi connectivity index (χ3n) is 4.33. The topological polar surface area (TPSA) is 62.2 Å². The Hall–Kier alpha value is -2.39. The van der Waals surface area contributed by atoms with Gasteiger partial charge in [0.2, 0.25) is 0 Å². The number of nitrogens with zero attached hydrogens (tertiary/aromatic N) is 3. The van der Waals surface area contributed by atoms with Crippen molar-refractivity contribution < 1.29 is 18.0 Å². The fraction of sp³-hybridized carbons (Fsp3) is 0.412. The summed E-state index contributed by atoms with van der Waals surface area (Å²) in [6.45, 7) is 1.09. The molecule has 0 radical (unpaired) electrons. The molecule has 1 aromatic heterocycles. The van der Waals surface area contributed by atoms with E-state index in [-0.39, 0.29) is 5.69 Å². The molecule has 1 saturated heterocycles. The van der Waals surface area contributed by atoms with Crippen LogP contribution in [-0.2, 0) is 0 Å². The highest BCUT2D eigenvalue weighted by Crippen LogP contribution is 2.25. The van der Waals surface area contributed by atoms with E-state index in [2.05, 4.69) is 15.6 Å². The summed E-state index contributed by atoms with van der Waals surface area (Å²) in [4.78, 5) is 17.7. The van der Waals surface area contributed by atoms with E-state index in [0.29, 0.717) is 31.9 Å². The summed E-state index contributed by atoms with van der Waals surface area (Å²) < 4.78 is 41.8. The Morgan fingerprint density at radius 3 is 2.58 bits per heavy atom. The molecule has 0 spiro atoms. The van der Waals surface area contributed by atoms with Gasteiger partial charge in [0.05, 0.1) is 12.5 Å². The van der Waals surface area contributed by atoms with Crippen LogP contribution in [0.2, 0.25) is 0 Å². The Morgan fingerprint density at radius 1 is 1.23 bits per heavy atom. The van der Waals surface area contributed by atoms with Crippen LogP contribution in [0.5, 0.6) is 0 Å². The van der Waals surface area contributed by atoms with Gasteiger partial charge in [-0.3, -0.25) is 14.3 Å². The number of halogens is 3. The number of hydrogen-bond donors (Lipinski definition) is 2. The predicted octanol–water partition coefficient (Wildman–Crippen LogP) is 1.44. The van der Waals surface area contributed by atoms with Crippen molar-refractivity contribution in [1.29, 1.82) is 0 Å². The van der Waals surface area contributed by atoms with Crippen LogP contribution in [0.3, 0.4) is 0 Å². The maximum Gasteiger partial charge on any atom is 0.405 e. The lowest BCUT2D eigenvalue weighted by atomic mass is 10.2. The molecule has 9 heteroatoms. The molecule has 1 aromatic carbocycles. The number of piperazine rings is 1. The van der Waals surface area contributed by atoms with Crippen LogP contribution >= 0.6 is 0 Å². The summed E-state index contributed by atoms with van der Waals surface area (Å²) in [6, 6.07) is 7.32. The molecule has 1 aliphatic rings. The number of alkyl halides is 3. The molecule has 0 aliphatic carbocycles. The highest BCUT2D eigenvalue weighted by atomic mass is 19.4. The zero-order valence-electron chi connectivity index (χ0n) is 14.0. The van der Waals surface area contributed by atoms with Crippen LogP contribution in [0.25, 0.3) is 5.69 Å². The molecule has 0 bridgehead atoms. The Bertz CT molecular complexity index is 725. The molecule has 1 unspecified atom stereocenters. The van der Waals surface area contributed by atoms with E-state index >= 15 is 0 Å². The van der Waals surface area contributed by atoms with E-state index in [9.17, 15) is 18.0 Å². The Balaban J connectivity index is 1.70. The number of para-hydroxylation sites is 1. The molecule has 1 amide bonds. The second-order valence-electron chi connectivity index (χ2n) is 6.04. The summed E-state index contributed by atoms with van der Waals surface area (Å²) in [5, 5.41) is 5.44. The minimum absolute atomic E-state index is 0.192. The van der Waals surface area contributed by atoms with Gasteiger partial charge in [-0.05, 0) is 12.1 Å². The average molecular weight is 367 g/mol. The minimum Gasteiger partial charge on any atom is -0.349 e. The number of imidazole rings is 1. The van der Waals surface area contributed by atoms with E-state index in [1.807, 2.05) is 6.07 Å². The van der Waals surface area contributed by atoms with Gasteiger partial charge in [-0.1, -0.05) is 18.2 Å². The third kappa shape index (κ3) is 4.23. The SMILES string of the molecule is O=C(NCC(N1CCNCC1)C(F)(F)F)c1cncn1-c1ccccc1. The van der Waals surface area contributed by atoms with Crippen molar-refractivity contribution >= 4 is 5.91 Å². The maximum absolute atomic E-state index is 13.4. The molecule has 1 fully saturated rings. The van der Waals surface area contributed by atoms with Crippen molar-refractivity contribution in [3.05, 3.63) is 48.5 Å². The molecule has 26 heavy (non-hydrogen) atoms. The maximum atomic E-state index is 13.4. The molecule has 3 rings (SSSR count). The first-order valence-electron chi connectivity index (χ1n) is 8.34. The molecule has 1 aliphatic heterocycles. The highest BCUT2D eigenvalue weighted by Gasteiger charge is 2.43. The number of nitrogens with one attached hydrogen (secondary N) is 2. The zero-order valence-corrected chi connectivity index (χ0v) is 14.0. The number of amides is 1. The molecule has 2 aromatic rings. The predicted molar refractivity (Wildman–Crippen MR) is 90.2 cm³/mol. The van der Waals surface area contributed by atoms with Crippen molar-refractivity contribution in [1.82, 2.24) is 25.1 Å². The number of benzene rings is 1. The molecule has 140 valence electrons. The number of aromatic nitrogens is 2. The summed E-state index contributed by atoms with van der Waals surface area (Å²) in [5.74, 6) is -0.587. The van der Waals surface area contributed by atoms with E-state index < -0.39 is 24.7 Å². The van der Waals surface area contributed by atoms with Crippen molar-refractivity contribution in [2.75, 3.05) is 32.7 Å². The standard InChI is InChI=1S/C17H20F3N5O/c18-17(19,20)15(24-8-6-21-7-9-24)11-23-16(26)14-10-22-12-25(14)13-4-2-1-3-5-13/h1-5,10,12,15,21H,6-9,11H2,(H,23,26). The van der Waals surface area contributed by atoms with Crippen molar-refractivity contribution in [2.24, 2.45) is 0 Å². The molecular formula is C17H20F3N5O. The van der Waals surface area contributed by atoms with Crippen molar-refractivity contribution in [3.8, 4) is 5.69 Å². The summed E-state index contributed by atoms with van der Waals surface area (Å²) in [5.41, 5.74) is 0.905. The highest BCUT2D eigenvalue weighted by molar-refractivity contribution is 5.93. The van der Waals surface area contributed by atoms with Crippen LogP contribution in [-0.4, -0.2) is 65.3 Å². The monoisotopic (exact) mass is 367 g/mol. The van der Waals surface area contributed by atoms with Gasteiger partial charge in [-0.15, -0.1) is 0 Å². The lowest BCUT2D eigenvalue weighted by molar-refractivity contribution is -0.183. The fourth-order valence-electron chi connectivity index (χ4n) is 2.98. The van der Waals surface area contributed by atoms with Gasteiger partial charge in [0.25, 0.3) is 5.91 Å². The first-order valence-corrected chi connectivity index (χ1v) is 8.34. The minimum atomic E-state index is -4.41. The van der Waals surface area contributed by atoms with Crippen LogP contribution in [0.1, 0.15) is 10.5 Å². The van der Waals surface area contributed by atoms with Gasteiger partial charge in [0.15, 0.2) is 0 Å². The normalized spacial score (nSPS) is 17.0. The third-order valence-corrected chi connectivity index (χ3v) is 4.33. The van der Waals surface area contributed by atoms with E-state index in [0.717, 1.165) is 0 Å². The lowest BCUT2D eigenvalue weighted by Crippen LogP contribution is -2.57. The number of carbonyl (C=O) groups is 1. The first-order chi connectivity index (χ1) is 12.5. The summed E-state index contributed by atoms with van der Waals surface area (Å²) >= 11 is 0. The Kier molecular flexibility index (Phi) is 5.58.